The first-order valence-corrected chi connectivity index (χ1v) is 10.4. The van der Waals surface area contributed by atoms with E-state index in [9.17, 15) is 4.79 Å². The standard InChI is InChI=1S/C22H24ClN5O3/c1-26(22-24-21(25-31-22)16-6-8-19(30-2)9-7-16)15-20(29)28-12-10-27(11-13-28)18-5-3-4-17(23)14-18/h3-9,14H,10-13,15H2,1-2H3. The number of amides is 1. The maximum absolute atomic E-state index is 12.8. The van der Waals surface area contributed by atoms with Crippen LogP contribution in [0.3, 0.4) is 0 Å². The molecule has 0 saturated carbocycles. The Bertz CT molecular complexity index is 1030. The number of nitrogens with zero attached hydrogens (tertiary/aromatic N) is 5. The van der Waals surface area contributed by atoms with Crippen molar-refractivity contribution < 1.29 is 14.1 Å². The van der Waals surface area contributed by atoms with Gasteiger partial charge in [-0.3, -0.25) is 4.79 Å². The number of hydrogen-bond acceptors (Lipinski definition) is 7. The number of likely N-dealkylation sites (N-methyl/N-ethyl adjacent to an activating group) is 1. The summed E-state index contributed by atoms with van der Waals surface area (Å²) >= 11 is 6.09. The largest absolute Gasteiger partial charge is 0.497 e. The molecule has 8 nitrogen and oxygen atoms in total. The molecule has 0 aliphatic carbocycles. The molecule has 1 aliphatic rings. The molecule has 9 heteroatoms. The normalized spacial score (nSPS) is 13.9. The Morgan fingerprint density at radius 2 is 1.90 bits per heavy atom. The van der Waals surface area contributed by atoms with Crippen LogP contribution < -0.4 is 14.5 Å². The summed E-state index contributed by atoms with van der Waals surface area (Å²) in [4.78, 5) is 22.9. The third-order valence-corrected chi connectivity index (χ3v) is 5.50. The van der Waals surface area contributed by atoms with Gasteiger partial charge in [0, 0.05) is 49.5 Å². The summed E-state index contributed by atoms with van der Waals surface area (Å²) in [5.74, 6) is 1.25. The predicted molar refractivity (Wildman–Crippen MR) is 120 cm³/mol. The smallest absolute Gasteiger partial charge is 0.324 e. The van der Waals surface area contributed by atoms with Gasteiger partial charge >= 0.3 is 6.01 Å². The average Bonchev–Trinajstić information content (AvgIpc) is 3.30. The van der Waals surface area contributed by atoms with E-state index in [0.717, 1.165) is 30.1 Å². The molecule has 2 heterocycles. The van der Waals surface area contributed by atoms with Crippen LogP contribution in [0.5, 0.6) is 5.75 Å². The first-order chi connectivity index (χ1) is 15.0. The molecule has 0 atom stereocenters. The van der Waals surface area contributed by atoms with Gasteiger partial charge in [0.05, 0.1) is 7.11 Å². The van der Waals surface area contributed by atoms with Crippen molar-refractivity contribution in [1.82, 2.24) is 15.0 Å². The number of piperazine rings is 1. The van der Waals surface area contributed by atoms with Crippen LogP contribution >= 0.6 is 11.6 Å². The number of halogens is 1. The topological polar surface area (TPSA) is 74.9 Å². The van der Waals surface area contributed by atoms with Gasteiger partial charge in [0.25, 0.3) is 0 Å². The van der Waals surface area contributed by atoms with Crippen LogP contribution in [0.2, 0.25) is 5.02 Å². The van der Waals surface area contributed by atoms with Crippen molar-refractivity contribution in [2.24, 2.45) is 0 Å². The Morgan fingerprint density at radius 1 is 1.16 bits per heavy atom. The van der Waals surface area contributed by atoms with Crippen LogP contribution in [-0.4, -0.2) is 67.8 Å². The average molecular weight is 442 g/mol. The van der Waals surface area contributed by atoms with Gasteiger partial charge in [0.15, 0.2) is 0 Å². The fourth-order valence-corrected chi connectivity index (χ4v) is 3.67. The van der Waals surface area contributed by atoms with Crippen molar-refractivity contribution in [2.45, 2.75) is 0 Å². The number of anilines is 2. The number of benzene rings is 2. The van der Waals surface area contributed by atoms with E-state index in [1.165, 1.54) is 0 Å². The minimum absolute atomic E-state index is 0.0254. The molecule has 162 valence electrons. The molecule has 0 N–H and O–H groups in total. The van der Waals surface area contributed by atoms with Crippen LogP contribution in [0.15, 0.2) is 53.1 Å². The molecule has 31 heavy (non-hydrogen) atoms. The van der Waals surface area contributed by atoms with Crippen LogP contribution in [0.4, 0.5) is 11.7 Å². The fourth-order valence-electron chi connectivity index (χ4n) is 3.49. The Labute approximate surface area is 186 Å². The van der Waals surface area contributed by atoms with Crippen molar-refractivity contribution in [3.05, 3.63) is 53.6 Å². The zero-order valence-corrected chi connectivity index (χ0v) is 18.2. The van der Waals surface area contributed by atoms with Crippen molar-refractivity contribution in [3.63, 3.8) is 0 Å². The second-order valence-corrected chi connectivity index (χ2v) is 7.77. The maximum atomic E-state index is 12.8. The number of methoxy groups -OCH3 is 1. The molecule has 1 amide bonds. The molecule has 2 aromatic carbocycles. The molecule has 0 spiro atoms. The van der Waals surface area contributed by atoms with Crippen molar-refractivity contribution >= 4 is 29.2 Å². The number of hydrogen-bond donors (Lipinski definition) is 0. The second-order valence-electron chi connectivity index (χ2n) is 7.33. The van der Waals surface area contributed by atoms with Gasteiger partial charge in [-0.2, -0.15) is 4.98 Å². The number of aromatic nitrogens is 2. The zero-order valence-electron chi connectivity index (χ0n) is 17.5. The molecular weight excluding hydrogens is 418 g/mol. The minimum Gasteiger partial charge on any atom is -0.497 e. The van der Waals surface area contributed by atoms with Crippen LogP contribution in [0.1, 0.15) is 0 Å². The van der Waals surface area contributed by atoms with E-state index in [4.69, 9.17) is 20.9 Å². The van der Waals surface area contributed by atoms with E-state index in [0.29, 0.717) is 30.0 Å². The fraction of sp³-hybridized carbons (Fsp3) is 0.318. The molecule has 0 radical (unpaired) electrons. The molecular formula is C22H24ClN5O3. The van der Waals surface area contributed by atoms with Gasteiger partial charge in [-0.25, -0.2) is 0 Å². The Morgan fingerprint density at radius 3 is 2.58 bits per heavy atom. The van der Waals surface area contributed by atoms with Crippen molar-refractivity contribution in [3.8, 4) is 17.1 Å². The Hall–Kier alpha value is -3.26. The van der Waals surface area contributed by atoms with E-state index in [2.05, 4.69) is 15.0 Å². The predicted octanol–water partition coefficient (Wildman–Crippen LogP) is 3.18. The lowest BCUT2D eigenvalue weighted by atomic mass is 10.2. The van der Waals surface area contributed by atoms with Gasteiger partial charge in [-0.05, 0) is 42.5 Å². The molecule has 1 fully saturated rings. The van der Waals surface area contributed by atoms with Crippen molar-refractivity contribution in [2.75, 3.05) is 56.7 Å². The second kappa shape index (κ2) is 9.26. The highest BCUT2D eigenvalue weighted by atomic mass is 35.5. The van der Waals surface area contributed by atoms with Gasteiger partial charge in [-0.15, -0.1) is 0 Å². The summed E-state index contributed by atoms with van der Waals surface area (Å²) in [7, 11) is 3.38. The maximum Gasteiger partial charge on any atom is 0.324 e. The minimum atomic E-state index is 0.0254. The molecule has 1 aromatic heterocycles. The number of ether oxygens (including phenoxy) is 1. The van der Waals surface area contributed by atoms with Crippen LogP contribution in [0, 0.1) is 0 Å². The third-order valence-electron chi connectivity index (χ3n) is 5.27. The van der Waals surface area contributed by atoms with E-state index < -0.39 is 0 Å². The quantitative estimate of drug-likeness (QED) is 0.581. The highest BCUT2D eigenvalue weighted by Gasteiger charge is 2.24. The SMILES string of the molecule is COc1ccc(-c2noc(N(C)CC(=O)N3CCN(c4cccc(Cl)c4)CC3)n2)cc1. The van der Waals surface area contributed by atoms with Gasteiger partial charge in [0.1, 0.15) is 12.3 Å². The van der Waals surface area contributed by atoms with Gasteiger partial charge < -0.3 is 24.0 Å². The van der Waals surface area contributed by atoms with E-state index in [1.807, 2.05) is 53.4 Å². The number of rotatable bonds is 6. The third kappa shape index (κ3) is 4.91. The molecule has 4 rings (SSSR count). The van der Waals surface area contributed by atoms with Gasteiger partial charge in [0.2, 0.25) is 11.7 Å². The van der Waals surface area contributed by atoms with E-state index in [1.54, 1.807) is 19.1 Å². The lowest BCUT2D eigenvalue weighted by Crippen LogP contribution is -2.51. The summed E-state index contributed by atoms with van der Waals surface area (Å²) < 4.78 is 10.5. The summed E-state index contributed by atoms with van der Waals surface area (Å²) in [5.41, 5.74) is 1.89. The lowest BCUT2D eigenvalue weighted by Gasteiger charge is -2.36. The van der Waals surface area contributed by atoms with E-state index in [-0.39, 0.29) is 12.5 Å². The molecule has 1 aliphatic heterocycles. The van der Waals surface area contributed by atoms with Gasteiger partial charge in [-0.1, -0.05) is 22.8 Å². The molecule has 0 bridgehead atoms. The number of carbonyl (C=O) groups is 1. The zero-order chi connectivity index (χ0) is 21.8. The van der Waals surface area contributed by atoms with Crippen LogP contribution in [-0.2, 0) is 4.79 Å². The molecule has 1 saturated heterocycles. The Balaban J connectivity index is 1.32. The first-order valence-electron chi connectivity index (χ1n) is 10.0. The summed E-state index contributed by atoms with van der Waals surface area (Å²) in [5, 5.41) is 4.74. The highest BCUT2D eigenvalue weighted by molar-refractivity contribution is 6.30. The summed E-state index contributed by atoms with van der Waals surface area (Å²) in [6.45, 7) is 3.00. The first kappa shape index (κ1) is 21.0. The molecule has 3 aromatic rings. The van der Waals surface area contributed by atoms with Crippen molar-refractivity contribution in [1.29, 1.82) is 0 Å². The highest BCUT2D eigenvalue weighted by Crippen LogP contribution is 2.23. The summed E-state index contributed by atoms with van der Waals surface area (Å²) in [6.07, 6.45) is 0. The molecule has 0 unspecified atom stereocenters. The Kier molecular flexibility index (Phi) is 6.27. The van der Waals surface area contributed by atoms with E-state index >= 15 is 0 Å². The van der Waals surface area contributed by atoms with Crippen LogP contribution in [0.25, 0.3) is 11.4 Å². The monoisotopic (exact) mass is 441 g/mol. The number of carbonyl (C=O) groups excluding carboxylic acids is 1. The summed E-state index contributed by atoms with van der Waals surface area (Å²) in [6, 6.07) is 15.5. The lowest BCUT2D eigenvalue weighted by molar-refractivity contribution is -0.130.